The van der Waals surface area contributed by atoms with Crippen molar-refractivity contribution >= 4 is 11.9 Å². The highest BCUT2D eigenvalue weighted by molar-refractivity contribution is 5.99. The highest BCUT2D eigenvalue weighted by Gasteiger charge is 2.20. The molecule has 2 N–H and O–H groups in total. The maximum Gasteiger partial charge on any atom is 0.326 e. The van der Waals surface area contributed by atoms with E-state index in [-0.39, 0.29) is 0 Å². The van der Waals surface area contributed by atoms with E-state index in [2.05, 4.69) is 20.8 Å². The van der Waals surface area contributed by atoms with Gasteiger partial charge in [-0.3, -0.25) is 4.79 Å². The maximum absolute atomic E-state index is 12.2. The quantitative estimate of drug-likeness (QED) is 0.809. The minimum atomic E-state index is -1.07. The van der Waals surface area contributed by atoms with E-state index in [9.17, 15) is 9.59 Å². The number of aliphatic carboxylic acids is 1. The molecule has 2 aromatic rings. The summed E-state index contributed by atoms with van der Waals surface area (Å²) in [5.41, 5.74) is 0.787. The number of para-hydroxylation sites is 1. The zero-order valence-electron chi connectivity index (χ0n) is 10.7. The summed E-state index contributed by atoms with van der Waals surface area (Å²) in [5, 5.41) is 22.2. The first-order valence-corrected chi connectivity index (χ1v) is 5.99. The number of rotatable bonds is 5. The second-order valence-electron chi connectivity index (χ2n) is 4.04. The van der Waals surface area contributed by atoms with Gasteiger partial charge in [0.1, 0.15) is 12.4 Å². The molecule has 0 bridgehead atoms. The molecule has 0 aliphatic rings. The van der Waals surface area contributed by atoms with Crippen LogP contribution in [0.3, 0.4) is 0 Å². The van der Waals surface area contributed by atoms with Gasteiger partial charge in [-0.1, -0.05) is 19.1 Å². The average Bonchev–Trinajstić information content (AvgIpc) is 2.98. The molecular weight excluding hydrogens is 262 g/mol. The summed E-state index contributed by atoms with van der Waals surface area (Å²) in [5.74, 6) is -1.55. The van der Waals surface area contributed by atoms with E-state index in [0.29, 0.717) is 17.7 Å². The van der Waals surface area contributed by atoms with Crippen LogP contribution in [0.2, 0.25) is 0 Å². The predicted molar refractivity (Wildman–Crippen MR) is 68.3 cm³/mol. The number of nitrogens with zero attached hydrogens (tertiary/aromatic N) is 4. The van der Waals surface area contributed by atoms with Crippen molar-refractivity contribution in [3.05, 3.63) is 36.2 Å². The van der Waals surface area contributed by atoms with E-state index in [1.807, 2.05) is 0 Å². The second-order valence-corrected chi connectivity index (χ2v) is 4.04. The van der Waals surface area contributed by atoms with Gasteiger partial charge in [-0.25, -0.2) is 4.79 Å². The third-order valence-corrected chi connectivity index (χ3v) is 2.76. The van der Waals surface area contributed by atoms with Crippen LogP contribution in [0.15, 0.2) is 30.6 Å². The van der Waals surface area contributed by atoms with Crippen molar-refractivity contribution in [3.63, 3.8) is 0 Å². The van der Waals surface area contributed by atoms with E-state index in [1.165, 1.54) is 11.0 Å². The lowest BCUT2D eigenvalue weighted by Crippen LogP contribution is -2.40. The van der Waals surface area contributed by atoms with E-state index in [4.69, 9.17) is 5.11 Å². The molecule has 1 unspecified atom stereocenters. The van der Waals surface area contributed by atoms with E-state index < -0.39 is 17.9 Å². The van der Waals surface area contributed by atoms with Crippen molar-refractivity contribution < 1.29 is 14.7 Å². The average molecular weight is 275 g/mol. The Kier molecular flexibility index (Phi) is 4.04. The molecule has 104 valence electrons. The number of carbonyl (C=O) groups excluding carboxylic acids is 1. The molecule has 0 saturated carbocycles. The fourth-order valence-corrected chi connectivity index (χ4v) is 1.71. The standard InChI is InChI=1S/C12H13N5O3/c1-2-9(12(19)20)14-11(18)8-5-3-4-6-10(8)17-7-13-15-16-17/h3-7,9H,2H2,1H3,(H,14,18)(H,19,20). The lowest BCUT2D eigenvalue weighted by molar-refractivity contribution is -0.139. The molecule has 0 aliphatic heterocycles. The molecule has 0 fully saturated rings. The van der Waals surface area contributed by atoms with Crippen molar-refractivity contribution in [3.8, 4) is 5.69 Å². The number of benzene rings is 1. The van der Waals surface area contributed by atoms with Gasteiger partial charge >= 0.3 is 5.97 Å². The highest BCUT2D eigenvalue weighted by Crippen LogP contribution is 2.12. The molecular formula is C12H13N5O3. The third kappa shape index (κ3) is 2.79. The second kappa shape index (κ2) is 5.91. The van der Waals surface area contributed by atoms with Gasteiger partial charge in [-0.15, -0.1) is 5.10 Å². The van der Waals surface area contributed by atoms with E-state index in [0.717, 1.165) is 0 Å². The van der Waals surface area contributed by atoms with Gasteiger partial charge in [-0.05, 0) is 29.0 Å². The molecule has 2 rings (SSSR count). The largest absolute Gasteiger partial charge is 0.480 e. The highest BCUT2D eigenvalue weighted by atomic mass is 16.4. The molecule has 1 amide bonds. The van der Waals surface area contributed by atoms with Crippen LogP contribution in [0.4, 0.5) is 0 Å². The summed E-state index contributed by atoms with van der Waals surface area (Å²) < 4.78 is 1.34. The first-order valence-electron chi connectivity index (χ1n) is 5.99. The van der Waals surface area contributed by atoms with Gasteiger partial charge in [0.25, 0.3) is 5.91 Å². The number of carboxylic acids is 1. The molecule has 1 heterocycles. The topological polar surface area (TPSA) is 110 Å². The summed E-state index contributed by atoms with van der Waals surface area (Å²) >= 11 is 0. The normalized spacial score (nSPS) is 11.8. The lowest BCUT2D eigenvalue weighted by atomic mass is 10.1. The van der Waals surface area contributed by atoms with Crippen molar-refractivity contribution in [1.29, 1.82) is 0 Å². The molecule has 0 radical (unpaired) electrons. The first-order chi connectivity index (χ1) is 9.63. The SMILES string of the molecule is CCC(NC(=O)c1ccccc1-n1cnnn1)C(=O)O. The Morgan fingerprint density at radius 1 is 1.40 bits per heavy atom. The summed E-state index contributed by atoms with van der Waals surface area (Å²) in [4.78, 5) is 23.1. The van der Waals surface area contributed by atoms with Crippen LogP contribution in [0.1, 0.15) is 23.7 Å². The third-order valence-electron chi connectivity index (χ3n) is 2.76. The Hall–Kier alpha value is -2.77. The number of nitrogens with one attached hydrogen (secondary N) is 1. The molecule has 20 heavy (non-hydrogen) atoms. The molecule has 0 aliphatic carbocycles. The van der Waals surface area contributed by atoms with E-state index in [1.54, 1.807) is 31.2 Å². The summed E-state index contributed by atoms with van der Waals surface area (Å²) in [6.07, 6.45) is 1.66. The van der Waals surface area contributed by atoms with Gasteiger partial charge in [0.15, 0.2) is 0 Å². The van der Waals surface area contributed by atoms with Crippen LogP contribution in [0.5, 0.6) is 0 Å². The van der Waals surface area contributed by atoms with Crippen LogP contribution in [0, 0.1) is 0 Å². The summed E-state index contributed by atoms with van der Waals surface area (Å²) in [6.45, 7) is 1.69. The Bertz CT molecular complexity index is 611. The van der Waals surface area contributed by atoms with Crippen LogP contribution < -0.4 is 5.32 Å². The molecule has 1 atom stereocenters. The van der Waals surface area contributed by atoms with Gasteiger partial charge < -0.3 is 10.4 Å². The number of tetrazole rings is 1. The predicted octanol–water partition coefficient (Wildman–Crippen LogP) is 0.255. The molecule has 1 aromatic carbocycles. The van der Waals surface area contributed by atoms with Crippen LogP contribution in [-0.2, 0) is 4.79 Å². The van der Waals surface area contributed by atoms with Gasteiger partial charge in [0.2, 0.25) is 0 Å². The van der Waals surface area contributed by atoms with Crippen molar-refractivity contribution in [2.45, 2.75) is 19.4 Å². The summed E-state index contributed by atoms with van der Waals surface area (Å²) in [6, 6.07) is 5.75. The minimum absolute atomic E-state index is 0.300. The Morgan fingerprint density at radius 3 is 2.75 bits per heavy atom. The molecule has 8 heteroatoms. The van der Waals surface area contributed by atoms with E-state index >= 15 is 0 Å². The Balaban J connectivity index is 2.29. The zero-order chi connectivity index (χ0) is 14.5. The fraction of sp³-hybridized carbons (Fsp3) is 0.250. The number of hydrogen-bond donors (Lipinski definition) is 2. The molecule has 1 aromatic heterocycles. The van der Waals surface area contributed by atoms with Gasteiger partial charge in [-0.2, -0.15) is 4.68 Å². The maximum atomic E-state index is 12.2. The number of carbonyl (C=O) groups is 2. The van der Waals surface area contributed by atoms with Gasteiger partial charge in [0.05, 0.1) is 11.3 Å². The molecule has 0 saturated heterocycles. The number of amides is 1. The van der Waals surface area contributed by atoms with Crippen molar-refractivity contribution in [1.82, 2.24) is 25.5 Å². The summed E-state index contributed by atoms with van der Waals surface area (Å²) in [7, 11) is 0. The molecule has 0 spiro atoms. The monoisotopic (exact) mass is 275 g/mol. The number of aromatic nitrogens is 4. The van der Waals surface area contributed by atoms with Crippen molar-refractivity contribution in [2.75, 3.05) is 0 Å². The Morgan fingerprint density at radius 2 is 2.15 bits per heavy atom. The zero-order valence-corrected chi connectivity index (χ0v) is 10.7. The smallest absolute Gasteiger partial charge is 0.326 e. The fourth-order valence-electron chi connectivity index (χ4n) is 1.71. The van der Waals surface area contributed by atoms with Gasteiger partial charge in [0, 0.05) is 0 Å². The number of hydrogen-bond acceptors (Lipinski definition) is 5. The minimum Gasteiger partial charge on any atom is -0.480 e. The van der Waals surface area contributed by atoms with Crippen LogP contribution >= 0.6 is 0 Å². The Labute approximate surface area is 114 Å². The van der Waals surface area contributed by atoms with Crippen molar-refractivity contribution in [2.24, 2.45) is 0 Å². The van der Waals surface area contributed by atoms with Crippen LogP contribution in [-0.4, -0.2) is 43.2 Å². The number of carboxylic acid groups (broad SMARTS) is 1. The molecule has 8 nitrogen and oxygen atoms in total. The van der Waals surface area contributed by atoms with Crippen LogP contribution in [0.25, 0.3) is 5.69 Å². The first kappa shape index (κ1) is 13.7. The lowest BCUT2D eigenvalue weighted by Gasteiger charge is -2.14.